The average Bonchev–Trinajstić information content (AvgIpc) is 3.04. The Bertz CT molecular complexity index is 1210. The summed E-state index contributed by atoms with van der Waals surface area (Å²) in [5, 5.41) is 3.20. The molecule has 33 heavy (non-hydrogen) atoms. The zero-order valence-corrected chi connectivity index (χ0v) is 20.5. The van der Waals surface area contributed by atoms with Gasteiger partial charge >= 0.3 is 0 Å². The summed E-state index contributed by atoms with van der Waals surface area (Å²) in [5.41, 5.74) is 2.99. The molecule has 2 aromatic carbocycles. The summed E-state index contributed by atoms with van der Waals surface area (Å²) in [4.78, 5) is 27.3. The molecule has 0 radical (unpaired) electrons. The number of halogens is 1. The van der Waals surface area contributed by atoms with Gasteiger partial charge in [0.2, 0.25) is 21.8 Å². The van der Waals surface area contributed by atoms with Gasteiger partial charge in [0.15, 0.2) is 0 Å². The number of amides is 2. The molecular weight excluding hydrogens is 462 g/mol. The summed E-state index contributed by atoms with van der Waals surface area (Å²) >= 11 is 5.99. The molecule has 1 aliphatic heterocycles. The molecule has 1 aliphatic carbocycles. The first-order valence-electron chi connectivity index (χ1n) is 11.1. The summed E-state index contributed by atoms with van der Waals surface area (Å²) in [7, 11) is -2.51. The lowest BCUT2D eigenvalue weighted by molar-refractivity contribution is -0.125. The van der Waals surface area contributed by atoms with Crippen molar-refractivity contribution in [3.8, 4) is 0 Å². The lowest BCUT2D eigenvalue weighted by Crippen LogP contribution is -2.42. The highest BCUT2D eigenvalue weighted by Crippen LogP contribution is 2.38. The summed E-state index contributed by atoms with van der Waals surface area (Å²) in [6.07, 6.45) is 3.53. The van der Waals surface area contributed by atoms with E-state index < -0.39 is 15.9 Å². The number of fused-ring (bicyclic) bond motifs is 1. The van der Waals surface area contributed by atoms with Gasteiger partial charge in [-0.25, -0.2) is 8.42 Å². The molecule has 0 spiro atoms. The number of hydrogen-bond donors (Lipinski definition) is 1. The van der Waals surface area contributed by atoms with E-state index in [9.17, 15) is 18.0 Å². The molecular formula is C24H28ClN3O4S. The van der Waals surface area contributed by atoms with Gasteiger partial charge in [0.1, 0.15) is 0 Å². The van der Waals surface area contributed by atoms with Gasteiger partial charge in [0.25, 0.3) is 0 Å². The Labute approximate surface area is 199 Å². The quantitative estimate of drug-likeness (QED) is 0.664. The van der Waals surface area contributed by atoms with Crippen LogP contribution in [0, 0.1) is 12.8 Å². The van der Waals surface area contributed by atoms with E-state index in [2.05, 4.69) is 5.32 Å². The predicted octanol–water partition coefficient (Wildman–Crippen LogP) is 3.99. The molecule has 1 fully saturated rings. The maximum absolute atomic E-state index is 13.1. The van der Waals surface area contributed by atoms with Gasteiger partial charge in [-0.1, -0.05) is 24.1 Å². The van der Waals surface area contributed by atoms with Crippen LogP contribution in [0.15, 0.2) is 41.3 Å². The number of nitrogens with one attached hydrogen (secondary N) is 1. The number of likely N-dealkylation sites (N-methyl/N-ethyl adjacent to an activating group) is 1. The molecule has 176 valence electrons. The summed E-state index contributed by atoms with van der Waals surface area (Å²) in [6, 6.07) is 9.98. The van der Waals surface area contributed by atoms with Crippen molar-refractivity contribution in [3.05, 3.63) is 52.5 Å². The predicted molar refractivity (Wildman–Crippen MR) is 129 cm³/mol. The van der Waals surface area contributed by atoms with Crippen molar-refractivity contribution in [2.75, 3.05) is 23.8 Å². The Balaban J connectivity index is 1.49. The summed E-state index contributed by atoms with van der Waals surface area (Å²) in [5.74, 6) is -0.249. The Morgan fingerprint density at radius 2 is 1.91 bits per heavy atom. The third kappa shape index (κ3) is 4.65. The number of hydrogen-bond acceptors (Lipinski definition) is 4. The van der Waals surface area contributed by atoms with Crippen molar-refractivity contribution >= 4 is 44.8 Å². The van der Waals surface area contributed by atoms with Crippen molar-refractivity contribution in [2.24, 2.45) is 5.92 Å². The number of rotatable bonds is 6. The molecule has 1 heterocycles. The third-order valence-corrected chi connectivity index (χ3v) is 8.54. The monoisotopic (exact) mass is 489 g/mol. The maximum Gasteiger partial charge on any atom is 0.243 e. The minimum atomic E-state index is -3.89. The van der Waals surface area contributed by atoms with E-state index in [1.807, 2.05) is 18.7 Å². The second-order valence-corrected chi connectivity index (χ2v) is 11.4. The molecule has 4 rings (SSSR count). The van der Waals surface area contributed by atoms with Crippen LogP contribution in [0.1, 0.15) is 37.3 Å². The van der Waals surface area contributed by atoms with E-state index in [-0.39, 0.29) is 29.3 Å². The van der Waals surface area contributed by atoms with Gasteiger partial charge in [-0.3, -0.25) is 9.59 Å². The average molecular weight is 490 g/mol. The molecule has 2 aromatic rings. The molecule has 1 N–H and O–H groups in total. The first-order valence-corrected chi connectivity index (χ1v) is 12.9. The van der Waals surface area contributed by atoms with Crippen LogP contribution in [0.4, 0.5) is 11.4 Å². The minimum absolute atomic E-state index is 0.00417. The normalized spacial score (nSPS) is 18.2. The first-order chi connectivity index (χ1) is 15.6. The molecule has 9 heteroatoms. The van der Waals surface area contributed by atoms with Crippen LogP contribution < -0.4 is 10.2 Å². The number of nitrogens with zero attached hydrogens (tertiary/aromatic N) is 2. The van der Waals surface area contributed by atoms with E-state index in [0.717, 1.165) is 40.4 Å². The van der Waals surface area contributed by atoms with E-state index >= 15 is 0 Å². The second-order valence-electron chi connectivity index (χ2n) is 8.95. The number of anilines is 2. The maximum atomic E-state index is 13.1. The first kappa shape index (κ1) is 23.7. The fourth-order valence-electron chi connectivity index (χ4n) is 4.34. The molecule has 1 saturated carbocycles. The van der Waals surface area contributed by atoms with Gasteiger partial charge in [-0.05, 0) is 74.6 Å². The number of carbonyl (C=O) groups excluding carboxylic acids is 2. The highest BCUT2D eigenvalue weighted by Gasteiger charge is 2.37. The van der Waals surface area contributed by atoms with Gasteiger partial charge in [0.05, 0.1) is 11.4 Å². The Morgan fingerprint density at radius 1 is 1.18 bits per heavy atom. The van der Waals surface area contributed by atoms with Crippen molar-refractivity contribution in [1.82, 2.24) is 4.31 Å². The highest BCUT2D eigenvalue weighted by atomic mass is 35.5. The topological polar surface area (TPSA) is 86.8 Å². The number of sulfonamides is 1. The zero-order chi connectivity index (χ0) is 23.9. The molecule has 0 bridgehead atoms. The van der Waals surface area contributed by atoms with Crippen molar-refractivity contribution in [1.29, 1.82) is 0 Å². The minimum Gasteiger partial charge on any atom is -0.325 e. The highest BCUT2D eigenvalue weighted by molar-refractivity contribution is 7.89. The van der Waals surface area contributed by atoms with Gasteiger partial charge in [-0.2, -0.15) is 4.31 Å². The lowest BCUT2D eigenvalue weighted by atomic mass is 9.84. The van der Waals surface area contributed by atoms with Crippen LogP contribution >= 0.6 is 11.6 Å². The van der Waals surface area contributed by atoms with Crippen molar-refractivity contribution in [2.45, 2.75) is 50.5 Å². The van der Waals surface area contributed by atoms with Crippen LogP contribution in [0.5, 0.6) is 0 Å². The standard InChI is InChI=1S/C24H28ClN3O4S/c1-15-7-8-19(25)13-21(15)26-23(29)14-27(3)33(31,32)20-9-10-22-18(12-20)11-16(2)28(22)24(30)17-5-4-6-17/h7-10,12-13,16-17H,4-6,11,14H2,1-3H3,(H,26,29). The third-order valence-electron chi connectivity index (χ3n) is 6.51. The van der Waals surface area contributed by atoms with Crippen molar-refractivity contribution in [3.63, 3.8) is 0 Å². The smallest absolute Gasteiger partial charge is 0.243 e. The van der Waals surface area contributed by atoms with E-state index in [1.165, 1.54) is 13.1 Å². The zero-order valence-electron chi connectivity index (χ0n) is 19.0. The van der Waals surface area contributed by atoms with Crippen LogP contribution in [0.2, 0.25) is 5.02 Å². The Hall–Kier alpha value is -2.42. The molecule has 1 unspecified atom stereocenters. The molecule has 7 nitrogen and oxygen atoms in total. The molecule has 1 atom stereocenters. The molecule has 0 saturated heterocycles. The van der Waals surface area contributed by atoms with Gasteiger partial charge in [0, 0.05) is 35.4 Å². The number of benzene rings is 2. The molecule has 2 amide bonds. The van der Waals surface area contributed by atoms with Crippen LogP contribution in [-0.2, 0) is 26.0 Å². The van der Waals surface area contributed by atoms with E-state index in [4.69, 9.17) is 11.6 Å². The Kier molecular flexibility index (Phi) is 6.53. The number of aryl methyl sites for hydroxylation is 1. The fraction of sp³-hybridized carbons (Fsp3) is 0.417. The summed E-state index contributed by atoms with van der Waals surface area (Å²) in [6.45, 7) is 3.48. The molecule has 2 aliphatic rings. The molecule has 0 aromatic heterocycles. The Morgan fingerprint density at radius 3 is 2.58 bits per heavy atom. The van der Waals surface area contributed by atoms with Gasteiger partial charge in [-0.15, -0.1) is 0 Å². The van der Waals surface area contributed by atoms with Crippen LogP contribution in [0.25, 0.3) is 0 Å². The fourth-order valence-corrected chi connectivity index (χ4v) is 5.69. The summed E-state index contributed by atoms with van der Waals surface area (Å²) < 4.78 is 27.3. The SMILES string of the molecule is Cc1ccc(Cl)cc1NC(=O)CN(C)S(=O)(=O)c1ccc2c(c1)CC(C)N2C(=O)C1CCC1. The van der Waals surface area contributed by atoms with Crippen molar-refractivity contribution < 1.29 is 18.0 Å². The van der Waals surface area contributed by atoms with Gasteiger partial charge < -0.3 is 10.2 Å². The van der Waals surface area contributed by atoms with Crippen LogP contribution in [0.3, 0.4) is 0 Å². The lowest BCUT2D eigenvalue weighted by Gasteiger charge is -2.32. The second kappa shape index (κ2) is 9.08. The van der Waals surface area contributed by atoms with Crippen LogP contribution in [-0.4, -0.2) is 44.2 Å². The largest absolute Gasteiger partial charge is 0.325 e. The van der Waals surface area contributed by atoms with E-state index in [1.54, 1.807) is 30.3 Å². The number of carbonyl (C=O) groups is 2. The van der Waals surface area contributed by atoms with E-state index in [0.29, 0.717) is 17.1 Å².